The summed E-state index contributed by atoms with van der Waals surface area (Å²) in [6.07, 6.45) is 0.323. The summed E-state index contributed by atoms with van der Waals surface area (Å²) in [6, 6.07) is 7.35. The molecule has 1 aromatic rings. The number of aliphatic hydroxyl groups is 1. The van der Waals surface area contributed by atoms with E-state index in [1.165, 1.54) is 0 Å². The highest BCUT2D eigenvalue weighted by Crippen LogP contribution is 2.21. The Morgan fingerprint density at radius 3 is 2.32 bits per heavy atom. The van der Waals surface area contributed by atoms with Gasteiger partial charge in [0.05, 0.1) is 19.0 Å². The van der Waals surface area contributed by atoms with Gasteiger partial charge in [0.2, 0.25) is 10.0 Å². The van der Waals surface area contributed by atoms with Gasteiger partial charge in [-0.2, -0.15) is 0 Å². The molecular weight excluding hydrogens is 302 g/mol. The molecule has 0 saturated heterocycles. The molecule has 0 bridgehead atoms. The van der Waals surface area contributed by atoms with E-state index in [-0.39, 0.29) is 17.7 Å². The average Bonchev–Trinajstić information content (AvgIpc) is 2.44. The van der Waals surface area contributed by atoms with E-state index >= 15 is 0 Å². The van der Waals surface area contributed by atoms with Crippen LogP contribution >= 0.6 is 0 Å². The van der Waals surface area contributed by atoms with E-state index in [1.54, 1.807) is 7.11 Å². The van der Waals surface area contributed by atoms with E-state index in [4.69, 9.17) is 4.74 Å². The molecule has 0 saturated carbocycles. The SMILES string of the molecule is COc1ccc(CCS(=O)(=O)NCCC(O)C(C)(C)C)cc1. The Bertz CT molecular complexity index is 547. The molecule has 5 nitrogen and oxygen atoms in total. The zero-order valence-corrected chi connectivity index (χ0v) is 14.6. The molecule has 0 amide bonds. The Balaban J connectivity index is 2.40. The summed E-state index contributed by atoms with van der Waals surface area (Å²) in [7, 11) is -1.74. The summed E-state index contributed by atoms with van der Waals surface area (Å²) >= 11 is 0. The van der Waals surface area contributed by atoms with Crippen molar-refractivity contribution in [3.05, 3.63) is 29.8 Å². The molecule has 1 unspecified atom stereocenters. The zero-order chi connectivity index (χ0) is 16.8. The lowest BCUT2D eigenvalue weighted by atomic mass is 9.87. The van der Waals surface area contributed by atoms with Crippen LogP contribution in [0.3, 0.4) is 0 Å². The van der Waals surface area contributed by atoms with Gasteiger partial charge in [0.15, 0.2) is 0 Å². The van der Waals surface area contributed by atoms with Gasteiger partial charge in [-0.05, 0) is 36.0 Å². The summed E-state index contributed by atoms with van der Waals surface area (Å²) in [4.78, 5) is 0. The second-order valence-corrected chi connectivity index (χ2v) is 8.41. The fourth-order valence-corrected chi connectivity index (χ4v) is 2.98. The monoisotopic (exact) mass is 329 g/mol. The topological polar surface area (TPSA) is 75.6 Å². The Morgan fingerprint density at radius 2 is 1.82 bits per heavy atom. The highest BCUT2D eigenvalue weighted by Gasteiger charge is 2.22. The van der Waals surface area contributed by atoms with Gasteiger partial charge in [-0.15, -0.1) is 0 Å². The summed E-state index contributed by atoms with van der Waals surface area (Å²) in [5, 5.41) is 9.89. The van der Waals surface area contributed by atoms with Gasteiger partial charge in [-0.25, -0.2) is 13.1 Å². The molecule has 2 N–H and O–H groups in total. The Hall–Kier alpha value is -1.11. The minimum Gasteiger partial charge on any atom is -0.497 e. The van der Waals surface area contributed by atoms with Crippen molar-refractivity contribution in [2.24, 2.45) is 5.41 Å². The highest BCUT2D eigenvalue weighted by molar-refractivity contribution is 7.89. The first-order valence-electron chi connectivity index (χ1n) is 7.42. The smallest absolute Gasteiger partial charge is 0.211 e. The van der Waals surface area contributed by atoms with Crippen LogP contribution in [-0.2, 0) is 16.4 Å². The number of aliphatic hydroxyl groups excluding tert-OH is 1. The zero-order valence-electron chi connectivity index (χ0n) is 13.8. The van der Waals surface area contributed by atoms with E-state index in [9.17, 15) is 13.5 Å². The van der Waals surface area contributed by atoms with Crippen molar-refractivity contribution in [3.8, 4) is 5.75 Å². The van der Waals surface area contributed by atoms with Crippen molar-refractivity contribution in [1.29, 1.82) is 0 Å². The van der Waals surface area contributed by atoms with E-state index in [0.29, 0.717) is 12.8 Å². The number of aryl methyl sites for hydroxylation is 1. The number of nitrogens with one attached hydrogen (secondary N) is 1. The molecule has 0 fully saturated rings. The van der Waals surface area contributed by atoms with Crippen molar-refractivity contribution >= 4 is 10.0 Å². The molecule has 6 heteroatoms. The van der Waals surface area contributed by atoms with E-state index in [1.807, 2.05) is 45.0 Å². The van der Waals surface area contributed by atoms with Crippen molar-refractivity contribution in [2.75, 3.05) is 19.4 Å². The predicted molar refractivity (Wildman–Crippen MR) is 88.6 cm³/mol. The molecule has 22 heavy (non-hydrogen) atoms. The van der Waals surface area contributed by atoms with Gasteiger partial charge in [-0.3, -0.25) is 0 Å². The maximum absolute atomic E-state index is 11.9. The van der Waals surface area contributed by atoms with Gasteiger partial charge in [0.1, 0.15) is 5.75 Å². The van der Waals surface area contributed by atoms with Crippen LogP contribution in [0.2, 0.25) is 0 Å². The Kier molecular flexibility index (Phi) is 6.84. The van der Waals surface area contributed by atoms with Crippen molar-refractivity contribution in [2.45, 2.75) is 39.7 Å². The minimum absolute atomic E-state index is 0.0327. The Labute approximate surface area is 133 Å². The third-order valence-corrected chi connectivity index (χ3v) is 4.94. The third kappa shape index (κ3) is 6.77. The first kappa shape index (κ1) is 18.9. The van der Waals surface area contributed by atoms with Crippen LogP contribution in [0.1, 0.15) is 32.8 Å². The number of sulfonamides is 1. The lowest BCUT2D eigenvalue weighted by Crippen LogP contribution is -2.34. The lowest BCUT2D eigenvalue weighted by Gasteiger charge is -2.25. The van der Waals surface area contributed by atoms with Crippen LogP contribution in [0, 0.1) is 5.41 Å². The average molecular weight is 329 g/mol. The fraction of sp³-hybridized carbons (Fsp3) is 0.625. The first-order valence-corrected chi connectivity index (χ1v) is 9.07. The number of rotatable bonds is 8. The highest BCUT2D eigenvalue weighted by atomic mass is 32.2. The number of methoxy groups -OCH3 is 1. The maximum atomic E-state index is 11.9. The first-order chi connectivity index (χ1) is 10.1. The quantitative estimate of drug-likeness (QED) is 0.764. The fourth-order valence-electron chi connectivity index (χ4n) is 1.90. The van der Waals surface area contributed by atoms with Crippen molar-refractivity contribution in [1.82, 2.24) is 4.72 Å². The van der Waals surface area contributed by atoms with Crippen LogP contribution in [0.25, 0.3) is 0 Å². The molecule has 0 aliphatic rings. The number of hydrogen-bond donors (Lipinski definition) is 2. The third-order valence-electron chi connectivity index (χ3n) is 3.56. The lowest BCUT2D eigenvalue weighted by molar-refractivity contribution is 0.0571. The number of hydrogen-bond acceptors (Lipinski definition) is 4. The number of benzene rings is 1. The van der Waals surface area contributed by atoms with Gasteiger partial charge in [-0.1, -0.05) is 32.9 Å². The van der Waals surface area contributed by atoms with E-state index in [0.717, 1.165) is 11.3 Å². The number of ether oxygens (including phenoxy) is 1. The summed E-state index contributed by atoms with van der Waals surface area (Å²) in [5.41, 5.74) is 0.704. The van der Waals surface area contributed by atoms with E-state index in [2.05, 4.69) is 4.72 Å². The largest absolute Gasteiger partial charge is 0.497 e. The molecule has 1 atom stereocenters. The standard InChI is InChI=1S/C16H27NO4S/c1-16(2,3)15(18)9-11-17-22(19,20)12-10-13-5-7-14(21-4)8-6-13/h5-8,15,17-18H,9-12H2,1-4H3. The van der Waals surface area contributed by atoms with Gasteiger partial charge >= 0.3 is 0 Å². The van der Waals surface area contributed by atoms with Gasteiger partial charge < -0.3 is 9.84 Å². The molecule has 0 aliphatic carbocycles. The van der Waals surface area contributed by atoms with Crippen molar-refractivity contribution < 1.29 is 18.3 Å². The molecule has 0 spiro atoms. The van der Waals surface area contributed by atoms with Crippen LogP contribution in [0.5, 0.6) is 5.75 Å². The van der Waals surface area contributed by atoms with Crippen LogP contribution in [-0.4, -0.2) is 39.0 Å². The molecule has 126 valence electrons. The second-order valence-electron chi connectivity index (χ2n) is 6.48. The summed E-state index contributed by atoms with van der Waals surface area (Å²) in [6.45, 7) is 6.03. The van der Waals surface area contributed by atoms with Gasteiger partial charge in [0.25, 0.3) is 0 Å². The van der Waals surface area contributed by atoms with Crippen LogP contribution in [0.15, 0.2) is 24.3 Å². The molecule has 1 rings (SSSR count). The summed E-state index contributed by atoms with van der Waals surface area (Å²) in [5.74, 6) is 0.784. The minimum atomic E-state index is -3.33. The van der Waals surface area contributed by atoms with Crippen molar-refractivity contribution in [3.63, 3.8) is 0 Å². The van der Waals surface area contributed by atoms with E-state index < -0.39 is 16.1 Å². The normalized spacial score (nSPS) is 13.9. The van der Waals surface area contributed by atoms with Gasteiger partial charge in [0, 0.05) is 6.54 Å². The molecule has 0 heterocycles. The predicted octanol–water partition coefficient (Wildman–Crippen LogP) is 1.95. The summed E-state index contributed by atoms with van der Waals surface area (Å²) < 4.78 is 31.5. The molecule has 1 aromatic carbocycles. The van der Waals surface area contributed by atoms with Crippen LogP contribution in [0.4, 0.5) is 0 Å². The molecule has 0 aliphatic heterocycles. The maximum Gasteiger partial charge on any atom is 0.211 e. The second kappa shape index (κ2) is 7.94. The molecule has 0 aromatic heterocycles. The molecular formula is C16H27NO4S. The Morgan fingerprint density at radius 1 is 1.23 bits per heavy atom. The van der Waals surface area contributed by atoms with Crippen LogP contribution < -0.4 is 9.46 Å². The molecule has 0 radical (unpaired) electrons.